The van der Waals surface area contributed by atoms with E-state index in [0.29, 0.717) is 12.4 Å². The SMILES string of the molecule is CC(C)(C)c1cccc2c1CCC[C@@]2(NCc1nc(-c2ccccc2)c(-c2ccccc2)o1)O[Si](c1ccccc1)c1ccccc1. The highest BCUT2D eigenvalue weighted by Gasteiger charge is 2.42. The Hall–Kier alpha value is -4.55. The van der Waals surface area contributed by atoms with Crippen LogP contribution in [0.4, 0.5) is 0 Å². The molecule has 235 valence electrons. The van der Waals surface area contributed by atoms with Crippen molar-refractivity contribution in [2.24, 2.45) is 0 Å². The monoisotopic (exact) mass is 633 g/mol. The Kier molecular flexibility index (Phi) is 8.78. The maximum atomic E-state index is 7.59. The number of fused-ring (bicyclic) bond motifs is 1. The van der Waals surface area contributed by atoms with E-state index in [1.165, 1.54) is 27.1 Å². The molecule has 1 aromatic heterocycles. The first-order valence-electron chi connectivity index (χ1n) is 16.6. The molecule has 7 rings (SSSR count). The van der Waals surface area contributed by atoms with Gasteiger partial charge in [-0.3, -0.25) is 5.32 Å². The van der Waals surface area contributed by atoms with Crippen LogP contribution in [0, 0.1) is 0 Å². The third kappa shape index (κ3) is 6.52. The van der Waals surface area contributed by atoms with E-state index in [4.69, 9.17) is 13.8 Å². The number of rotatable bonds is 9. The first-order chi connectivity index (χ1) is 22.9. The minimum absolute atomic E-state index is 0.0127. The third-order valence-corrected chi connectivity index (χ3v) is 11.3. The van der Waals surface area contributed by atoms with Crippen LogP contribution in [0.2, 0.25) is 0 Å². The van der Waals surface area contributed by atoms with Crippen LogP contribution in [0.15, 0.2) is 144 Å². The van der Waals surface area contributed by atoms with Crippen LogP contribution >= 0.6 is 0 Å². The largest absolute Gasteiger partial charge is 0.439 e. The minimum atomic E-state index is -1.65. The zero-order valence-electron chi connectivity index (χ0n) is 27.4. The highest BCUT2D eigenvalue weighted by Crippen LogP contribution is 2.42. The number of hydrogen-bond donors (Lipinski definition) is 1. The first kappa shape index (κ1) is 31.1. The molecule has 4 nitrogen and oxygen atoms in total. The molecule has 0 saturated carbocycles. The molecule has 47 heavy (non-hydrogen) atoms. The van der Waals surface area contributed by atoms with E-state index >= 15 is 0 Å². The second-order valence-electron chi connectivity index (χ2n) is 13.3. The van der Waals surface area contributed by atoms with E-state index in [1.807, 2.05) is 36.4 Å². The van der Waals surface area contributed by atoms with Crippen LogP contribution in [0.5, 0.6) is 0 Å². The molecule has 0 saturated heterocycles. The van der Waals surface area contributed by atoms with E-state index in [9.17, 15) is 0 Å². The van der Waals surface area contributed by atoms with Crippen molar-refractivity contribution in [3.63, 3.8) is 0 Å². The Labute approximate surface area is 280 Å². The highest BCUT2D eigenvalue weighted by atomic mass is 28.3. The zero-order chi connectivity index (χ0) is 32.3. The van der Waals surface area contributed by atoms with Crippen molar-refractivity contribution < 1.29 is 8.84 Å². The molecule has 1 heterocycles. The van der Waals surface area contributed by atoms with Gasteiger partial charge in [-0.25, -0.2) is 4.98 Å². The average Bonchev–Trinajstić information content (AvgIpc) is 3.55. The lowest BCUT2D eigenvalue weighted by Crippen LogP contribution is -2.56. The van der Waals surface area contributed by atoms with Gasteiger partial charge in [0.2, 0.25) is 5.89 Å². The molecule has 1 atom stereocenters. The average molecular weight is 634 g/mol. The zero-order valence-corrected chi connectivity index (χ0v) is 28.4. The van der Waals surface area contributed by atoms with Crippen LogP contribution in [-0.4, -0.2) is 14.0 Å². The third-order valence-electron chi connectivity index (χ3n) is 9.00. The van der Waals surface area contributed by atoms with Crippen LogP contribution in [0.25, 0.3) is 22.6 Å². The molecule has 1 aliphatic carbocycles. The summed E-state index contributed by atoms with van der Waals surface area (Å²) < 4.78 is 14.2. The number of oxazole rings is 1. The summed E-state index contributed by atoms with van der Waals surface area (Å²) in [5.41, 5.74) is 6.16. The Bertz CT molecular complexity index is 1820. The molecule has 0 spiro atoms. The Morgan fingerprint density at radius 2 is 1.30 bits per heavy atom. The van der Waals surface area contributed by atoms with Crippen LogP contribution in [-0.2, 0) is 28.5 Å². The second kappa shape index (κ2) is 13.3. The number of hydrogen-bond acceptors (Lipinski definition) is 4. The predicted octanol–water partition coefficient (Wildman–Crippen LogP) is 8.41. The summed E-state index contributed by atoms with van der Waals surface area (Å²) in [5, 5.41) is 6.39. The van der Waals surface area contributed by atoms with E-state index in [0.717, 1.165) is 41.8 Å². The first-order valence-corrected chi connectivity index (χ1v) is 18.0. The van der Waals surface area contributed by atoms with Crippen molar-refractivity contribution in [3.8, 4) is 22.6 Å². The summed E-state index contributed by atoms with van der Waals surface area (Å²) in [6.07, 6.45) is 2.89. The van der Waals surface area contributed by atoms with Gasteiger partial charge in [-0.2, -0.15) is 0 Å². The topological polar surface area (TPSA) is 47.3 Å². The summed E-state index contributed by atoms with van der Waals surface area (Å²) in [6.45, 7) is 7.34. The summed E-state index contributed by atoms with van der Waals surface area (Å²) in [4.78, 5) is 5.10. The summed E-state index contributed by atoms with van der Waals surface area (Å²) in [5.74, 6) is 1.42. The molecule has 0 amide bonds. The van der Waals surface area contributed by atoms with Crippen molar-refractivity contribution in [2.45, 2.75) is 57.7 Å². The molecule has 6 aromatic rings. The van der Waals surface area contributed by atoms with Crippen molar-refractivity contribution in [3.05, 3.63) is 162 Å². The fourth-order valence-electron chi connectivity index (χ4n) is 6.78. The molecule has 5 heteroatoms. The maximum absolute atomic E-state index is 7.59. The Morgan fingerprint density at radius 3 is 1.89 bits per heavy atom. The van der Waals surface area contributed by atoms with Gasteiger partial charge in [0.1, 0.15) is 11.4 Å². The van der Waals surface area contributed by atoms with Crippen molar-refractivity contribution in [1.29, 1.82) is 0 Å². The van der Waals surface area contributed by atoms with Gasteiger partial charge in [0.25, 0.3) is 9.04 Å². The standard InChI is InChI=1S/C42H41N2O2Si/c1-41(2,3)36-27-16-28-37-35(36)26-17-29-42(37,46-47(33-22-12-6-13-23-33)34-24-14-7-15-25-34)43-30-38-44-39(31-18-8-4-9-19-31)40(45-38)32-20-10-5-11-21-32/h4-16,18-25,27-28,43H,17,26,29-30H2,1-3H3/t42-/m1/s1. The van der Waals surface area contributed by atoms with Crippen LogP contribution in [0.3, 0.4) is 0 Å². The Balaban J connectivity index is 1.33. The molecule has 1 aliphatic rings. The van der Waals surface area contributed by atoms with Crippen LogP contribution in [0.1, 0.15) is 56.2 Å². The molecule has 1 radical (unpaired) electrons. The number of nitrogens with one attached hydrogen (secondary N) is 1. The van der Waals surface area contributed by atoms with Crippen LogP contribution < -0.4 is 15.7 Å². The van der Waals surface area contributed by atoms with Gasteiger partial charge < -0.3 is 8.84 Å². The lowest BCUT2D eigenvalue weighted by Gasteiger charge is -2.43. The Morgan fingerprint density at radius 1 is 0.723 bits per heavy atom. The number of benzene rings is 5. The van der Waals surface area contributed by atoms with E-state index in [2.05, 4.69) is 129 Å². The number of nitrogens with zero attached hydrogens (tertiary/aromatic N) is 1. The van der Waals surface area contributed by atoms with E-state index < -0.39 is 14.8 Å². The molecule has 0 aliphatic heterocycles. The maximum Gasteiger partial charge on any atom is 0.285 e. The van der Waals surface area contributed by atoms with Crippen molar-refractivity contribution in [1.82, 2.24) is 10.3 Å². The molecular weight excluding hydrogens is 593 g/mol. The molecular formula is C42H41N2O2Si. The predicted molar refractivity (Wildman–Crippen MR) is 193 cm³/mol. The smallest absolute Gasteiger partial charge is 0.285 e. The van der Waals surface area contributed by atoms with E-state index in [-0.39, 0.29) is 5.41 Å². The fourth-order valence-corrected chi connectivity index (χ4v) is 8.98. The second-order valence-corrected chi connectivity index (χ2v) is 15.3. The fraction of sp³-hybridized carbons (Fsp3) is 0.214. The molecule has 0 bridgehead atoms. The van der Waals surface area contributed by atoms with Crippen molar-refractivity contribution in [2.75, 3.05) is 0 Å². The van der Waals surface area contributed by atoms with Gasteiger partial charge in [-0.05, 0) is 46.2 Å². The van der Waals surface area contributed by atoms with Gasteiger partial charge in [0, 0.05) is 16.7 Å². The highest BCUT2D eigenvalue weighted by molar-refractivity contribution is 6.80. The lowest BCUT2D eigenvalue weighted by atomic mass is 9.75. The quantitative estimate of drug-likeness (QED) is 0.128. The molecule has 0 fully saturated rings. The molecule has 1 N–H and O–H groups in total. The van der Waals surface area contributed by atoms with Gasteiger partial charge in [0.05, 0.1) is 6.54 Å². The summed E-state index contributed by atoms with van der Waals surface area (Å²) in [7, 11) is -1.65. The normalized spacial score (nSPS) is 16.3. The number of aromatic nitrogens is 1. The van der Waals surface area contributed by atoms with Gasteiger partial charge in [-0.1, -0.05) is 160 Å². The molecule has 5 aromatic carbocycles. The van der Waals surface area contributed by atoms with Crippen molar-refractivity contribution >= 4 is 19.4 Å². The van der Waals surface area contributed by atoms with Gasteiger partial charge in [0.15, 0.2) is 5.76 Å². The van der Waals surface area contributed by atoms with Gasteiger partial charge >= 0.3 is 0 Å². The summed E-state index contributed by atoms with van der Waals surface area (Å²) in [6, 6.07) is 48.7. The minimum Gasteiger partial charge on any atom is -0.439 e. The van der Waals surface area contributed by atoms with E-state index in [1.54, 1.807) is 0 Å². The lowest BCUT2D eigenvalue weighted by molar-refractivity contribution is 0.00797. The molecule has 0 unspecified atom stereocenters. The van der Waals surface area contributed by atoms with Gasteiger partial charge in [-0.15, -0.1) is 0 Å². The summed E-state index contributed by atoms with van der Waals surface area (Å²) >= 11 is 0.